The van der Waals surface area contributed by atoms with E-state index in [2.05, 4.69) is 6.92 Å². The lowest BCUT2D eigenvalue weighted by Gasteiger charge is -2.25. The molecule has 0 unspecified atom stereocenters. The molecule has 0 fully saturated rings. The second-order valence-corrected chi connectivity index (χ2v) is 18.6. The van der Waals surface area contributed by atoms with E-state index in [9.17, 15) is 19.2 Å². The zero-order chi connectivity index (χ0) is 41.5. The lowest BCUT2D eigenvalue weighted by atomic mass is 9.97. The molecule has 8 heteroatoms. The van der Waals surface area contributed by atoms with Crippen LogP contribution in [0, 0.1) is 16.2 Å². The minimum Gasteiger partial charge on any atom is -0.426 e. The normalized spacial score (nSPS) is 12.2. The number of esters is 3. The van der Waals surface area contributed by atoms with Gasteiger partial charge in [0.2, 0.25) is 11.2 Å². The molecule has 0 bridgehead atoms. The summed E-state index contributed by atoms with van der Waals surface area (Å²) in [5.41, 5.74) is -1.67. The van der Waals surface area contributed by atoms with Crippen LogP contribution in [0.15, 0.2) is 47.3 Å². The number of rotatable bonds is 21. The number of hydrogen-bond donors (Lipinski definition) is 0. The van der Waals surface area contributed by atoms with Gasteiger partial charge in [-0.15, -0.1) is 0 Å². The van der Waals surface area contributed by atoms with E-state index in [-0.39, 0.29) is 22.6 Å². The van der Waals surface area contributed by atoms with E-state index >= 15 is 0 Å². The number of fused-ring (bicyclic) bond motifs is 1. The summed E-state index contributed by atoms with van der Waals surface area (Å²) < 4.78 is 19.8. The first-order chi connectivity index (χ1) is 26.4. The van der Waals surface area contributed by atoms with Gasteiger partial charge in [0.1, 0.15) is 11.5 Å². The Bertz CT molecular complexity index is 1790. The minimum atomic E-state index is -0.902. The highest BCUT2D eigenvalue weighted by Gasteiger charge is 2.32. The van der Waals surface area contributed by atoms with Crippen LogP contribution >= 0.6 is 0 Å². The summed E-state index contributed by atoms with van der Waals surface area (Å²) in [5, 5.41) is 0.0750. The average molecular weight is 774 g/mol. The van der Waals surface area contributed by atoms with E-state index in [0.717, 1.165) is 25.7 Å². The van der Waals surface area contributed by atoms with Crippen molar-refractivity contribution in [3.8, 4) is 28.5 Å². The van der Waals surface area contributed by atoms with Crippen molar-refractivity contribution in [3.63, 3.8) is 0 Å². The van der Waals surface area contributed by atoms with Crippen LogP contribution in [-0.2, 0) is 20.9 Å². The van der Waals surface area contributed by atoms with E-state index < -0.39 is 39.6 Å². The zero-order valence-electron chi connectivity index (χ0n) is 36.4. The molecule has 310 valence electrons. The average Bonchev–Trinajstić information content (AvgIpc) is 3.12. The molecule has 3 aromatic rings. The molecule has 0 aliphatic rings. The smallest absolute Gasteiger partial charge is 0.316 e. The first-order valence-electron chi connectivity index (χ1n) is 21.3. The SMILES string of the molecule is CCCCCCCCCCCCCCCCCCn1c(-c2ccccc2)c(OC(=O)C(C)(C)C)c(=O)c2c(OC(=O)C(C)(C)C)cc(OC(=O)C(C)(C)C)cc21. The van der Waals surface area contributed by atoms with Gasteiger partial charge in [0.05, 0.1) is 32.8 Å². The lowest BCUT2D eigenvalue weighted by Crippen LogP contribution is -2.30. The van der Waals surface area contributed by atoms with E-state index in [4.69, 9.17) is 14.2 Å². The summed E-state index contributed by atoms with van der Waals surface area (Å²) in [6, 6.07) is 12.5. The molecule has 0 saturated carbocycles. The number of aromatic nitrogens is 1. The molecule has 2 aromatic carbocycles. The van der Waals surface area contributed by atoms with E-state index in [1.54, 1.807) is 68.4 Å². The second kappa shape index (κ2) is 21.5. The van der Waals surface area contributed by atoms with Crippen LogP contribution in [0.25, 0.3) is 22.2 Å². The molecule has 0 aliphatic carbocycles. The van der Waals surface area contributed by atoms with Gasteiger partial charge in [-0.1, -0.05) is 134 Å². The summed E-state index contributed by atoms with van der Waals surface area (Å²) >= 11 is 0. The molecular weight excluding hydrogens is 703 g/mol. The van der Waals surface area contributed by atoms with E-state index in [0.29, 0.717) is 23.3 Å². The second-order valence-electron chi connectivity index (χ2n) is 18.6. The summed E-state index contributed by atoms with van der Waals surface area (Å²) in [6.07, 6.45) is 19.9. The third-order valence-corrected chi connectivity index (χ3v) is 9.99. The quantitative estimate of drug-likeness (QED) is 0.0603. The standard InChI is InChI=1S/C48H71NO7/c1-11-12-13-14-15-16-17-18-19-20-21-22-23-24-25-29-32-49-37-33-36(54-43(51)46(2,3)4)34-38(55-44(52)47(5,6)7)39(37)41(50)42(56-45(53)48(8,9)10)40(49)35-30-27-26-28-31-35/h26-28,30-31,33-34H,11-25,29,32H2,1-10H3. The molecule has 3 rings (SSSR count). The first kappa shape index (κ1) is 46.4. The third kappa shape index (κ3) is 14.2. The summed E-state index contributed by atoms with van der Waals surface area (Å²) in [7, 11) is 0. The van der Waals surface area contributed by atoms with Gasteiger partial charge in [-0.05, 0) is 68.7 Å². The highest BCUT2D eigenvalue weighted by Crippen LogP contribution is 2.39. The number of nitrogens with zero attached hydrogens (tertiary/aromatic N) is 1. The number of ether oxygens (including phenoxy) is 3. The zero-order valence-corrected chi connectivity index (χ0v) is 36.4. The fourth-order valence-electron chi connectivity index (χ4n) is 6.41. The predicted molar refractivity (Wildman–Crippen MR) is 228 cm³/mol. The van der Waals surface area contributed by atoms with E-state index in [1.165, 1.54) is 83.1 Å². The number of hydrogen-bond acceptors (Lipinski definition) is 7. The third-order valence-electron chi connectivity index (χ3n) is 9.99. The maximum atomic E-state index is 14.7. The fourth-order valence-corrected chi connectivity index (χ4v) is 6.41. The van der Waals surface area contributed by atoms with Crippen LogP contribution in [0.1, 0.15) is 172 Å². The number of unbranched alkanes of at least 4 members (excludes halogenated alkanes) is 15. The molecule has 0 atom stereocenters. The molecule has 8 nitrogen and oxygen atoms in total. The van der Waals surface area contributed by atoms with Gasteiger partial charge in [0.15, 0.2) is 0 Å². The number of benzene rings is 2. The van der Waals surface area contributed by atoms with Crippen molar-refractivity contribution in [2.45, 2.75) is 179 Å². The number of aryl methyl sites for hydroxylation is 1. The van der Waals surface area contributed by atoms with E-state index in [1.807, 2.05) is 34.9 Å². The Hall–Kier alpha value is -3.94. The summed E-state index contributed by atoms with van der Waals surface area (Å²) in [6.45, 7) is 18.4. The van der Waals surface area contributed by atoms with Gasteiger partial charge in [-0.2, -0.15) is 0 Å². The molecule has 0 aliphatic heterocycles. The summed E-state index contributed by atoms with van der Waals surface area (Å²) in [5.74, 6) is -1.65. The summed E-state index contributed by atoms with van der Waals surface area (Å²) in [4.78, 5) is 54.7. The molecule has 0 N–H and O–H groups in total. The van der Waals surface area contributed by atoms with Crippen molar-refractivity contribution in [3.05, 3.63) is 52.7 Å². The van der Waals surface area contributed by atoms with Crippen LogP contribution in [0.3, 0.4) is 0 Å². The number of carbonyl (C=O) groups is 3. The predicted octanol–water partition coefficient (Wildman–Crippen LogP) is 12.8. The Morgan fingerprint density at radius 1 is 0.554 bits per heavy atom. The highest BCUT2D eigenvalue weighted by atomic mass is 16.6. The van der Waals surface area contributed by atoms with Gasteiger partial charge in [-0.25, -0.2) is 0 Å². The maximum Gasteiger partial charge on any atom is 0.316 e. The van der Waals surface area contributed by atoms with Gasteiger partial charge < -0.3 is 18.8 Å². The van der Waals surface area contributed by atoms with Crippen LogP contribution in [0.5, 0.6) is 17.2 Å². The van der Waals surface area contributed by atoms with Crippen molar-refractivity contribution in [2.75, 3.05) is 0 Å². The van der Waals surface area contributed by atoms with Gasteiger partial charge in [0.25, 0.3) is 0 Å². The first-order valence-corrected chi connectivity index (χ1v) is 21.3. The maximum absolute atomic E-state index is 14.7. The molecule has 0 amide bonds. The van der Waals surface area contributed by atoms with Crippen molar-refractivity contribution >= 4 is 28.8 Å². The van der Waals surface area contributed by atoms with Crippen LogP contribution in [0.2, 0.25) is 0 Å². The number of pyridine rings is 1. The van der Waals surface area contributed by atoms with Crippen LogP contribution in [-0.4, -0.2) is 22.5 Å². The van der Waals surface area contributed by atoms with Crippen molar-refractivity contribution in [1.82, 2.24) is 4.57 Å². The largest absolute Gasteiger partial charge is 0.426 e. The highest BCUT2D eigenvalue weighted by molar-refractivity contribution is 5.95. The molecule has 1 aromatic heterocycles. The molecule has 1 heterocycles. The Morgan fingerprint density at radius 2 is 0.982 bits per heavy atom. The minimum absolute atomic E-state index is 0.0578. The van der Waals surface area contributed by atoms with Gasteiger partial charge in [0, 0.05) is 24.2 Å². The monoisotopic (exact) mass is 774 g/mol. The topological polar surface area (TPSA) is 101 Å². The lowest BCUT2D eigenvalue weighted by molar-refractivity contribution is -0.144. The molecule has 56 heavy (non-hydrogen) atoms. The van der Waals surface area contributed by atoms with Crippen LogP contribution < -0.4 is 19.6 Å². The Labute approximate surface area is 337 Å². The van der Waals surface area contributed by atoms with Gasteiger partial charge in [-0.3, -0.25) is 19.2 Å². The Kier molecular flexibility index (Phi) is 17.9. The van der Waals surface area contributed by atoms with Crippen molar-refractivity contribution in [2.24, 2.45) is 16.2 Å². The molecule has 0 saturated heterocycles. The fraction of sp³-hybridized carbons (Fsp3) is 0.625. The van der Waals surface area contributed by atoms with Crippen LogP contribution in [0.4, 0.5) is 0 Å². The number of carbonyl (C=O) groups excluding carboxylic acids is 3. The van der Waals surface area contributed by atoms with Gasteiger partial charge >= 0.3 is 17.9 Å². The van der Waals surface area contributed by atoms with Crippen molar-refractivity contribution < 1.29 is 28.6 Å². The Morgan fingerprint density at radius 3 is 1.45 bits per heavy atom. The molecular formula is C48H71NO7. The molecule has 0 spiro atoms. The van der Waals surface area contributed by atoms with Crippen molar-refractivity contribution in [1.29, 1.82) is 0 Å². The Balaban J connectivity index is 1.98. The molecule has 0 radical (unpaired) electrons.